The molecule has 0 spiro atoms. The normalized spacial score (nSPS) is 34.3. The first-order valence-electron chi connectivity index (χ1n) is 17.9. The van der Waals surface area contributed by atoms with E-state index in [9.17, 15) is 24.0 Å². The summed E-state index contributed by atoms with van der Waals surface area (Å²) in [5.41, 5.74) is -1.95. The third-order valence-electron chi connectivity index (χ3n) is 12.6. The van der Waals surface area contributed by atoms with Crippen LogP contribution in [-0.4, -0.2) is 92.3 Å². The molecule has 4 aliphatic rings. The SMILES string of the molecule is COCCN(CCOC(C)=O)CC(=O)OC(C)(C)C(=O)OCC(=O)O[C@]1(C)CC[C@@]2(C)C(CC[C@@H]3C2CC[C@@]2(C)C3CC[C@@H]2C(C)=O)C1.[HH].[HH].[HH]. The van der Waals surface area contributed by atoms with Crippen LogP contribution in [0.1, 0.15) is 111 Å². The number of hydrogen-bond donors (Lipinski definition) is 0. The number of ether oxygens (including phenoxy) is 5. The highest BCUT2D eigenvalue weighted by Gasteiger charge is 2.62. The van der Waals surface area contributed by atoms with Crippen LogP contribution in [0.15, 0.2) is 0 Å². The van der Waals surface area contributed by atoms with Crippen molar-refractivity contribution in [1.29, 1.82) is 0 Å². The van der Waals surface area contributed by atoms with Crippen LogP contribution in [0.3, 0.4) is 0 Å². The van der Waals surface area contributed by atoms with Crippen LogP contribution in [0.2, 0.25) is 0 Å². The molecule has 0 aromatic carbocycles. The third-order valence-corrected chi connectivity index (χ3v) is 12.6. The van der Waals surface area contributed by atoms with E-state index in [0.717, 1.165) is 44.9 Å². The Morgan fingerprint density at radius 2 is 1.50 bits per heavy atom. The van der Waals surface area contributed by atoms with E-state index in [1.807, 2.05) is 6.92 Å². The maximum atomic E-state index is 13.0. The summed E-state index contributed by atoms with van der Waals surface area (Å²) in [6.07, 6.45) is 9.27. The van der Waals surface area contributed by atoms with Gasteiger partial charge in [0.2, 0.25) is 5.60 Å². The first-order valence-corrected chi connectivity index (χ1v) is 17.9. The minimum atomic E-state index is -1.63. The van der Waals surface area contributed by atoms with Crippen LogP contribution in [-0.2, 0) is 47.7 Å². The van der Waals surface area contributed by atoms with Gasteiger partial charge >= 0.3 is 23.9 Å². The predicted octanol–water partition coefficient (Wildman–Crippen LogP) is 5.65. The molecule has 0 radical (unpaired) electrons. The summed E-state index contributed by atoms with van der Waals surface area (Å²) >= 11 is 0. The fraction of sp³-hybridized carbons (Fsp3) is 0.865. The number of hydrogen-bond acceptors (Lipinski definition) is 11. The Bertz CT molecular complexity index is 1230. The van der Waals surface area contributed by atoms with Crippen LogP contribution in [0.25, 0.3) is 0 Å². The Morgan fingerprint density at radius 3 is 2.17 bits per heavy atom. The van der Waals surface area contributed by atoms with Gasteiger partial charge in [-0.3, -0.25) is 19.3 Å². The van der Waals surface area contributed by atoms with Crippen LogP contribution < -0.4 is 0 Å². The average Bonchev–Trinajstić information content (AvgIpc) is 3.36. The number of rotatable bonds is 14. The molecule has 0 aromatic heterocycles. The second-order valence-electron chi connectivity index (χ2n) is 16.2. The topological polar surface area (TPSA) is 135 Å². The van der Waals surface area contributed by atoms with E-state index in [0.29, 0.717) is 42.6 Å². The van der Waals surface area contributed by atoms with Gasteiger partial charge in [-0.15, -0.1) is 0 Å². The molecule has 4 rings (SSSR count). The minimum absolute atomic E-state index is 0. The van der Waals surface area contributed by atoms with Crippen molar-refractivity contribution in [3.63, 3.8) is 0 Å². The van der Waals surface area contributed by atoms with E-state index in [1.165, 1.54) is 40.7 Å². The maximum Gasteiger partial charge on any atom is 0.350 e. The Balaban J connectivity index is 0.00000433. The van der Waals surface area contributed by atoms with Crippen LogP contribution in [0, 0.1) is 40.4 Å². The number of methoxy groups -OCH3 is 1. The van der Waals surface area contributed by atoms with E-state index in [2.05, 4.69) is 13.8 Å². The van der Waals surface area contributed by atoms with Gasteiger partial charge in [0.05, 0.1) is 13.2 Å². The van der Waals surface area contributed by atoms with E-state index < -0.39 is 41.7 Å². The predicted molar refractivity (Wildman–Crippen MR) is 183 cm³/mol. The number of ketones is 1. The van der Waals surface area contributed by atoms with Gasteiger partial charge in [-0.1, -0.05) is 13.8 Å². The summed E-state index contributed by atoms with van der Waals surface area (Å²) in [5, 5.41) is 0. The molecule has 8 atom stereocenters. The smallest absolute Gasteiger partial charge is 0.350 e. The minimum Gasteiger partial charge on any atom is -0.465 e. The maximum absolute atomic E-state index is 13.0. The Morgan fingerprint density at radius 1 is 0.812 bits per heavy atom. The van der Waals surface area contributed by atoms with Crippen molar-refractivity contribution in [2.75, 3.05) is 46.6 Å². The van der Waals surface area contributed by atoms with E-state index >= 15 is 0 Å². The van der Waals surface area contributed by atoms with Crippen molar-refractivity contribution in [2.24, 2.45) is 40.4 Å². The molecule has 4 fully saturated rings. The summed E-state index contributed by atoms with van der Waals surface area (Å²) < 4.78 is 26.8. The molecule has 0 N–H and O–H groups in total. The van der Waals surface area contributed by atoms with Gasteiger partial charge in [-0.25, -0.2) is 9.59 Å². The summed E-state index contributed by atoms with van der Waals surface area (Å²) in [5.74, 6) is 0.368. The fourth-order valence-corrected chi connectivity index (χ4v) is 10.1. The lowest BCUT2D eigenvalue weighted by atomic mass is 9.44. The highest BCUT2D eigenvalue weighted by molar-refractivity contribution is 5.85. The van der Waals surface area contributed by atoms with Gasteiger partial charge in [-0.2, -0.15) is 0 Å². The van der Waals surface area contributed by atoms with Crippen molar-refractivity contribution in [1.82, 2.24) is 4.90 Å². The highest BCUT2D eigenvalue weighted by atomic mass is 16.6. The summed E-state index contributed by atoms with van der Waals surface area (Å²) in [4.78, 5) is 63.8. The number of fused-ring (bicyclic) bond motifs is 5. The molecule has 3 unspecified atom stereocenters. The average molecular weight is 684 g/mol. The van der Waals surface area contributed by atoms with E-state index in [-0.39, 0.29) is 40.7 Å². The van der Waals surface area contributed by atoms with Crippen molar-refractivity contribution >= 4 is 29.7 Å². The lowest BCUT2D eigenvalue weighted by Gasteiger charge is -2.62. The zero-order valence-corrected chi connectivity index (χ0v) is 30.5. The molecule has 0 saturated heterocycles. The van der Waals surface area contributed by atoms with Gasteiger partial charge < -0.3 is 23.7 Å². The van der Waals surface area contributed by atoms with Crippen molar-refractivity contribution in [3.05, 3.63) is 0 Å². The fourth-order valence-electron chi connectivity index (χ4n) is 10.1. The Hall–Kier alpha value is -2.53. The molecule has 0 heterocycles. The van der Waals surface area contributed by atoms with Gasteiger partial charge in [0.25, 0.3) is 0 Å². The lowest BCUT2D eigenvalue weighted by Crippen LogP contribution is -2.56. The second kappa shape index (κ2) is 15.2. The van der Waals surface area contributed by atoms with Gasteiger partial charge in [0, 0.05) is 37.3 Å². The van der Waals surface area contributed by atoms with E-state index in [1.54, 1.807) is 11.8 Å². The van der Waals surface area contributed by atoms with Crippen LogP contribution >= 0.6 is 0 Å². The molecule has 0 aromatic rings. The van der Waals surface area contributed by atoms with Crippen LogP contribution in [0.4, 0.5) is 0 Å². The van der Waals surface area contributed by atoms with Crippen molar-refractivity contribution < 1.29 is 51.9 Å². The van der Waals surface area contributed by atoms with Crippen LogP contribution in [0.5, 0.6) is 0 Å². The number of carbonyl (C=O) groups is 5. The zero-order valence-electron chi connectivity index (χ0n) is 30.5. The molecule has 0 bridgehead atoms. The quantitative estimate of drug-likeness (QED) is 0.166. The molecule has 4 aliphatic carbocycles. The standard InChI is InChI=1S/C37H59NO10.3H2/c1-24(39)28-11-12-29-27-10-9-26-21-35(5,15-16-36(26,6)30(27)13-14-37(28,29)7)48-32(42)23-46-33(43)34(3,4)47-31(41)22-38(17-19-44-8)18-20-45-25(2)40;;;/h26-30H,9-23H2,1-8H3;3*1H/t26?,27-,28+,29?,30?,35+,36-,37+;;;/m0.../s1. The third kappa shape index (κ3) is 8.42. The lowest BCUT2D eigenvalue weighted by molar-refractivity contribution is -0.191. The van der Waals surface area contributed by atoms with Crippen molar-refractivity contribution in [3.8, 4) is 0 Å². The van der Waals surface area contributed by atoms with Gasteiger partial charge in [0.15, 0.2) is 6.61 Å². The molecule has 278 valence electrons. The summed E-state index contributed by atoms with van der Waals surface area (Å²) in [6, 6.07) is 0. The molecular formula is C37H65NO10. The monoisotopic (exact) mass is 683 g/mol. The second-order valence-corrected chi connectivity index (χ2v) is 16.2. The first kappa shape index (κ1) is 38.3. The summed E-state index contributed by atoms with van der Waals surface area (Å²) in [6.45, 7) is 13.2. The molecule has 11 heteroatoms. The molecule has 4 saturated carbocycles. The van der Waals surface area contributed by atoms with Gasteiger partial charge in [0.1, 0.15) is 18.0 Å². The number of esters is 4. The largest absolute Gasteiger partial charge is 0.465 e. The molecular weight excluding hydrogens is 618 g/mol. The van der Waals surface area contributed by atoms with Crippen molar-refractivity contribution in [2.45, 2.75) is 117 Å². The van der Waals surface area contributed by atoms with E-state index in [4.69, 9.17) is 23.7 Å². The van der Waals surface area contributed by atoms with Gasteiger partial charge in [-0.05, 0) is 120 Å². The molecule has 0 amide bonds. The first-order chi connectivity index (χ1) is 22.4. The molecule has 0 aliphatic heterocycles. The Kier molecular flexibility index (Phi) is 12.1. The highest BCUT2D eigenvalue weighted by Crippen LogP contribution is 2.68. The molecule has 48 heavy (non-hydrogen) atoms. The number of carbonyl (C=O) groups excluding carboxylic acids is 5. The zero-order chi connectivity index (χ0) is 35.5. The molecule has 11 nitrogen and oxygen atoms in total. The number of nitrogens with zero attached hydrogens (tertiary/aromatic N) is 1. The Labute approximate surface area is 290 Å². The number of Topliss-reactive ketones (excluding diaryl/α,β-unsaturated/α-hetero) is 1. The summed E-state index contributed by atoms with van der Waals surface area (Å²) in [7, 11) is 1.54.